The Morgan fingerprint density at radius 3 is 2.59 bits per heavy atom. The number of aromatic nitrogens is 1. The molecule has 7 heteroatoms. The van der Waals surface area contributed by atoms with E-state index in [4.69, 9.17) is 4.74 Å². The molecule has 1 aromatic heterocycles. The molecule has 0 aliphatic heterocycles. The summed E-state index contributed by atoms with van der Waals surface area (Å²) in [4.78, 5) is 15.8. The molecule has 0 atom stereocenters. The van der Waals surface area contributed by atoms with Gasteiger partial charge in [0.05, 0.1) is 6.61 Å². The van der Waals surface area contributed by atoms with E-state index in [-0.39, 0.29) is 12.2 Å². The first-order chi connectivity index (χ1) is 10.4. The van der Waals surface area contributed by atoms with Crippen molar-refractivity contribution in [2.24, 2.45) is 0 Å². The molecule has 2 aromatic rings. The van der Waals surface area contributed by atoms with Crippen LogP contribution < -0.4 is 4.74 Å². The topological polar surface area (TPSA) is 48.4 Å². The Morgan fingerprint density at radius 2 is 2.00 bits per heavy atom. The van der Waals surface area contributed by atoms with Gasteiger partial charge in [-0.25, -0.2) is 4.79 Å². The molecule has 2 rings (SSSR count). The van der Waals surface area contributed by atoms with E-state index in [0.29, 0.717) is 11.1 Å². The Balaban J connectivity index is 2.45. The van der Waals surface area contributed by atoms with Gasteiger partial charge >= 0.3 is 12.3 Å². The number of rotatable bonds is 4. The van der Waals surface area contributed by atoms with E-state index in [2.05, 4.69) is 9.72 Å². The summed E-state index contributed by atoms with van der Waals surface area (Å²) < 4.78 is 45.9. The maximum Gasteiger partial charge on any atom is 0.573 e. The number of ether oxygens (including phenoxy) is 2. The molecule has 22 heavy (non-hydrogen) atoms. The molecular formula is C15H12F3NO3. The van der Waals surface area contributed by atoms with Gasteiger partial charge in [0, 0.05) is 18.0 Å². The summed E-state index contributed by atoms with van der Waals surface area (Å²) in [6.45, 7) is 1.61. The van der Waals surface area contributed by atoms with Crippen molar-refractivity contribution in [2.75, 3.05) is 6.61 Å². The zero-order valence-corrected chi connectivity index (χ0v) is 11.6. The van der Waals surface area contributed by atoms with Crippen molar-refractivity contribution in [1.82, 2.24) is 4.98 Å². The Kier molecular flexibility index (Phi) is 4.65. The average Bonchev–Trinajstić information content (AvgIpc) is 2.47. The summed E-state index contributed by atoms with van der Waals surface area (Å²) in [6.07, 6.45) is -1.79. The fraction of sp³-hybridized carbons (Fsp3) is 0.200. The van der Waals surface area contributed by atoms with Crippen molar-refractivity contribution in [2.45, 2.75) is 13.3 Å². The van der Waals surface area contributed by atoms with Gasteiger partial charge < -0.3 is 9.47 Å². The molecule has 4 nitrogen and oxygen atoms in total. The summed E-state index contributed by atoms with van der Waals surface area (Å²) in [7, 11) is 0. The summed E-state index contributed by atoms with van der Waals surface area (Å²) in [5, 5.41) is 0. The quantitative estimate of drug-likeness (QED) is 0.805. The van der Waals surface area contributed by atoms with Crippen molar-refractivity contribution in [1.29, 1.82) is 0 Å². The third kappa shape index (κ3) is 3.97. The number of alkyl halides is 3. The summed E-state index contributed by atoms with van der Waals surface area (Å²) in [6, 6.07) is 7.19. The van der Waals surface area contributed by atoms with Crippen LogP contribution in [0.5, 0.6) is 5.75 Å². The zero-order chi connectivity index (χ0) is 16.2. The molecule has 0 fully saturated rings. The number of hydrogen-bond donors (Lipinski definition) is 0. The molecule has 0 bridgehead atoms. The highest BCUT2D eigenvalue weighted by Crippen LogP contribution is 2.31. The van der Waals surface area contributed by atoms with E-state index in [9.17, 15) is 18.0 Å². The molecule has 0 amide bonds. The SMILES string of the molecule is CCOC(=O)c1cc(-c2cccnc2)ccc1OC(F)(F)F. The van der Waals surface area contributed by atoms with E-state index in [0.717, 1.165) is 6.07 Å². The minimum absolute atomic E-state index is 0.0431. The van der Waals surface area contributed by atoms with Crippen molar-refractivity contribution >= 4 is 5.97 Å². The molecule has 1 heterocycles. The first kappa shape index (κ1) is 15.8. The largest absolute Gasteiger partial charge is 0.573 e. The van der Waals surface area contributed by atoms with Crippen LogP contribution in [-0.4, -0.2) is 23.9 Å². The predicted octanol–water partition coefficient (Wildman–Crippen LogP) is 3.82. The van der Waals surface area contributed by atoms with Crippen LogP contribution >= 0.6 is 0 Å². The highest BCUT2D eigenvalue weighted by Gasteiger charge is 2.33. The van der Waals surface area contributed by atoms with E-state index in [1.54, 1.807) is 25.3 Å². The van der Waals surface area contributed by atoms with Gasteiger partial charge in [0.25, 0.3) is 0 Å². The van der Waals surface area contributed by atoms with Gasteiger partial charge in [-0.15, -0.1) is 13.2 Å². The molecule has 1 aromatic carbocycles. The fourth-order valence-electron chi connectivity index (χ4n) is 1.83. The first-order valence-corrected chi connectivity index (χ1v) is 6.38. The van der Waals surface area contributed by atoms with E-state index >= 15 is 0 Å². The van der Waals surface area contributed by atoms with Crippen LogP contribution in [0.4, 0.5) is 13.2 Å². The molecule has 0 saturated heterocycles. The maximum atomic E-state index is 12.4. The number of carbonyl (C=O) groups excluding carboxylic acids is 1. The molecule has 0 radical (unpaired) electrons. The Hall–Kier alpha value is -2.57. The normalized spacial score (nSPS) is 11.1. The zero-order valence-electron chi connectivity index (χ0n) is 11.6. The van der Waals surface area contributed by atoms with Crippen molar-refractivity contribution in [3.8, 4) is 16.9 Å². The second-order valence-electron chi connectivity index (χ2n) is 4.22. The summed E-state index contributed by atoms with van der Waals surface area (Å²) in [5.41, 5.74) is 0.901. The number of pyridine rings is 1. The average molecular weight is 311 g/mol. The third-order valence-corrected chi connectivity index (χ3v) is 2.70. The van der Waals surface area contributed by atoms with Crippen LogP contribution in [0.15, 0.2) is 42.7 Å². The number of benzene rings is 1. The fourth-order valence-corrected chi connectivity index (χ4v) is 1.83. The monoisotopic (exact) mass is 311 g/mol. The Morgan fingerprint density at radius 1 is 1.23 bits per heavy atom. The Bertz CT molecular complexity index is 657. The molecule has 0 aliphatic rings. The highest BCUT2D eigenvalue weighted by atomic mass is 19.4. The molecule has 0 saturated carbocycles. The predicted molar refractivity (Wildman–Crippen MR) is 72.3 cm³/mol. The number of hydrogen-bond acceptors (Lipinski definition) is 4. The van der Waals surface area contributed by atoms with Gasteiger partial charge in [0.15, 0.2) is 0 Å². The minimum atomic E-state index is -4.89. The molecule has 0 spiro atoms. The minimum Gasteiger partial charge on any atom is -0.462 e. The number of carbonyl (C=O) groups is 1. The summed E-state index contributed by atoms with van der Waals surface area (Å²) in [5.74, 6) is -1.48. The van der Waals surface area contributed by atoms with E-state index in [1.807, 2.05) is 0 Å². The number of halogens is 3. The Labute approximate surface area is 124 Å². The first-order valence-electron chi connectivity index (χ1n) is 6.38. The van der Waals surface area contributed by atoms with Crippen LogP contribution in [0.1, 0.15) is 17.3 Å². The molecule has 0 N–H and O–H groups in total. The number of esters is 1. The van der Waals surface area contributed by atoms with E-state index < -0.39 is 18.1 Å². The van der Waals surface area contributed by atoms with Crippen LogP contribution in [0.2, 0.25) is 0 Å². The molecule has 116 valence electrons. The standard InChI is InChI=1S/C15H12F3NO3/c1-2-21-14(20)12-8-10(11-4-3-7-19-9-11)5-6-13(12)22-15(16,17)18/h3-9H,2H2,1H3. The van der Waals surface area contributed by atoms with Gasteiger partial charge in [0.2, 0.25) is 0 Å². The molecule has 0 aliphatic carbocycles. The van der Waals surface area contributed by atoms with Crippen molar-refractivity contribution < 1.29 is 27.4 Å². The molecule has 0 unspecified atom stereocenters. The second kappa shape index (κ2) is 6.46. The lowest BCUT2D eigenvalue weighted by molar-refractivity contribution is -0.274. The lowest BCUT2D eigenvalue weighted by Crippen LogP contribution is -2.19. The highest BCUT2D eigenvalue weighted by molar-refractivity contribution is 5.94. The van der Waals surface area contributed by atoms with Crippen LogP contribution in [-0.2, 0) is 4.74 Å². The lowest BCUT2D eigenvalue weighted by atomic mass is 10.0. The van der Waals surface area contributed by atoms with Gasteiger partial charge in [0.1, 0.15) is 11.3 Å². The van der Waals surface area contributed by atoms with Crippen LogP contribution in [0.3, 0.4) is 0 Å². The smallest absolute Gasteiger partial charge is 0.462 e. The second-order valence-corrected chi connectivity index (χ2v) is 4.22. The molecular weight excluding hydrogens is 299 g/mol. The van der Waals surface area contributed by atoms with Crippen molar-refractivity contribution in [3.63, 3.8) is 0 Å². The lowest BCUT2D eigenvalue weighted by Gasteiger charge is -2.14. The van der Waals surface area contributed by atoms with Crippen LogP contribution in [0.25, 0.3) is 11.1 Å². The van der Waals surface area contributed by atoms with Gasteiger partial charge in [-0.2, -0.15) is 0 Å². The number of nitrogens with zero attached hydrogens (tertiary/aromatic N) is 1. The van der Waals surface area contributed by atoms with Gasteiger partial charge in [-0.05, 0) is 30.7 Å². The third-order valence-electron chi connectivity index (χ3n) is 2.70. The van der Waals surface area contributed by atoms with Gasteiger partial charge in [-0.1, -0.05) is 12.1 Å². The summed E-state index contributed by atoms with van der Waals surface area (Å²) >= 11 is 0. The van der Waals surface area contributed by atoms with E-state index in [1.165, 1.54) is 18.3 Å². The maximum absolute atomic E-state index is 12.4. The van der Waals surface area contributed by atoms with Gasteiger partial charge in [-0.3, -0.25) is 4.98 Å². The van der Waals surface area contributed by atoms with Crippen LogP contribution in [0, 0.1) is 0 Å². The van der Waals surface area contributed by atoms with Crippen molar-refractivity contribution in [3.05, 3.63) is 48.3 Å².